The number of halogens is 1. The van der Waals surface area contributed by atoms with Gasteiger partial charge in [-0.3, -0.25) is 0 Å². The van der Waals surface area contributed by atoms with Crippen LogP contribution >= 0.6 is 22.6 Å². The largest absolute Gasteiger partial charge is 0.398 e. The van der Waals surface area contributed by atoms with Gasteiger partial charge in [0, 0.05) is 28.9 Å². The molecular formula is C17H22IN7O. The number of imidazole rings is 1. The number of rotatable bonds is 7. The standard InChI is InChI=1S/C17H22IN7O/c1-3-25-9-22-14-15(20-8-11-6-12(18)4-5-13(11)19)23-17(24-16(14)25)21-7-10(2)26/h4-6,9-10,26H,3,7-8,19H2,1-2H3,(H2,20,21,23,24). The van der Waals surface area contributed by atoms with Crippen molar-refractivity contribution in [2.75, 3.05) is 22.9 Å². The van der Waals surface area contributed by atoms with Gasteiger partial charge in [-0.2, -0.15) is 9.97 Å². The van der Waals surface area contributed by atoms with E-state index in [1.165, 1.54) is 0 Å². The SMILES string of the molecule is CCn1cnc2c(NCc3cc(I)ccc3N)nc(NCC(C)O)nc21. The van der Waals surface area contributed by atoms with Crippen LogP contribution in [0.4, 0.5) is 17.5 Å². The Balaban J connectivity index is 1.92. The summed E-state index contributed by atoms with van der Waals surface area (Å²) in [4.78, 5) is 13.5. The Labute approximate surface area is 165 Å². The summed E-state index contributed by atoms with van der Waals surface area (Å²) in [6.07, 6.45) is 1.26. The molecule has 2 heterocycles. The van der Waals surface area contributed by atoms with Gasteiger partial charge in [0.15, 0.2) is 17.0 Å². The van der Waals surface area contributed by atoms with Crippen LogP contribution in [0.2, 0.25) is 0 Å². The fraction of sp³-hybridized carbons (Fsp3) is 0.353. The zero-order chi connectivity index (χ0) is 18.7. The van der Waals surface area contributed by atoms with Gasteiger partial charge in [-0.05, 0) is 60.2 Å². The lowest BCUT2D eigenvalue weighted by Gasteiger charge is -2.12. The summed E-state index contributed by atoms with van der Waals surface area (Å²) >= 11 is 2.26. The van der Waals surface area contributed by atoms with Crippen LogP contribution in [-0.2, 0) is 13.1 Å². The molecule has 1 unspecified atom stereocenters. The van der Waals surface area contributed by atoms with Gasteiger partial charge in [0.25, 0.3) is 0 Å². The molecule has 5 N–H and O–H groups in total. The number of nitrogens with zero attached hydrogens (tertiary/aromatic N) is 4. The van der Waals surface area contributed by atoms with Crippen LogP contribution in [0.3, 0.4) is 0 Å². The number of benzene rings is 1. The van der Waals surface area contributed by atoms with E-state index in [4.69, 9.17) is 5.73 Å². The first-order valence-electron chi connectivity index (χ1n) is 8.40. The summed E-state index contributed by atoms with van der Waals surface area (Å²) < 4.78 is 3.08. The minimum atomic E-state index is -0.493. The van der Waals surface area contributed by atoms with Gasteiger partial charge in [0.1, 0.15) is 0 Å². The van der Waals surface area contributed by atoms with E-state index >= 15 is 0 Å². The van der Waals surface area contributed by atoms with Gasteiger partial charge in [-0.1, -0.05) is 0 Å². The second-order valence-corrected chi connectivity index (χ2v) is 7.27. The highest BCUT2D eigenvalue weighted by molar-refractivity contribution is 14.1. The molecule has 0 aliphatic heterocycles. The molecular weight excluding hydrogens is 445 g/mol. The Morgan fingerprint density at radius 1 is 1.31 bits per heavy atom. The third-order valence-corrected chi connectivity index (χ3v) is 4.58. The number of aryl methyl sites for hydroxylation is 1. The Hall–Kier alpha value is -2.14. The summed E-state index contributed by atoms with van der Waals surface area (Å²) in [5.41, 5.74) is 9.25. The normalized spacial score (nSPS) is 12.3. The van der Waals surface area contributed by atoms with Crippen LogP contribution in [0.25, 0.3) is 11.2 Å². The molecule has 0 amide bonds. The number of fused-ring (bicyclic) bond motifs is 1. The van der Waals surface area contributed by atoms with Crippen LogP contribution in [0.1, 0.15) is 19.4 Å². The lowest BCUT2D eigenvalue weighted by molar-refractivity contribution is 0.208. The van der Waals surface area contributed by atoms with Crippen LogP contribution in [0.15, 0.2) is 24.5 Å². The summed E-state index contributed by atoms with van der Waals surface area (Å²) in [6, 6.07) is 5.91. The number of hydrogen-bond acceptors (Lipinski definition) is 7. The van der Waals surface area contributed by atoms with Gasteiger partial charge >= 0.3 is 0 Å². The molecule has 2 aromatic heterocycles. The zero-order valence-electron chi connectivity index (χ0n) is 14.7. The van der Waals surface area contributed by atoms with E-state index < -0.39 is 6.10 Å². The van der Waals surface area contributed by atoms with E-state index in [2.05, 4.69) is 48.2 Å². The molecule has 0 radical (unpaired) electrons. The molecule has 0 saturated carbocycles. The molecule has 0 spiro atoms. The molecule has 9 heteroatoms. The van der Waals surface area contributed by atoms with E-state index in [0.29, 0.717) is 30.4 Å². The number of aliphatic hydroxyl groups is 1. The monoisotopic (exact) mass is 467 g/mol. The second kappa shape index (κ2) is 8.04. The van der Waals surface area contributed by atoms with Crippen molar-refractivity contribution in [3.05, 3.63) is 33.7 Å². The quantitative estimate of drug-likeness (QED) is 0.312. The van der Waals surface area contributed by atoms with E-state index in [1.807, 2.05) is 29.7 Å². The maximum atomic E-state index is 9.50. The predicted octanol–water partition coefficient (Wildman–Crippen LogP) is 2.44. The maximum Gasteiger partial charge on any atom is 0.226 e. The number of hydrogen-bond donors (Lipinski definition) is 4. The minimum Gasteiger partial charge on any atom is -0.398 e. The minimum absolute atomic E-state index is 0.370. The van der Waals surface area contributed by atoms with Crippen LogP contribution in [0.5, 0.6) is 0 Å². The first-order chi connectivity index (χ1) is 12.5. The van der Waals surface area contributed by atoms with Gasteiger partial charge in [-0.25, -0.2) is 4.98 Å². The summed E-state index contributed by atoms with van der Waals surface area (Å²) in [7, 11) is 0. The van der Waals surface area contributed by atoms with E-state index in [1.54, 1.807) is 13.3 Å². The van der Waals surface area contributed by atoms with E-state index in [0.717, 1.165) is 27.0 Å². The Bertz CT molecular complexity index is 910. The molecule has 0 saturated heterocycles. The molecule has 1 aromatic carbocycles. The molecule has 0 aliphatic rings. The van der Waals surface area contributed by atoms with Crippen molar-refractivity contribution in [3.8, 4) is 0 Å². The molecule has 138 valence electrons. The number of aromatic nitrogens is 4. The Morgan fingerprint density at radius 2 is 2.12 bits per heavy atom. The summed E-state index contributed by atoms with van der Waals surface area (Å²) in [5.74, 6) is 1.08. The molecule has 3 rings (SSSR count). The molecule has 0 fully saturated rings. The maximum absolute atomic E-state index is 9.50. The first kappa shape index (κ1) is 18.6. The number of nitrogens with one attached hydrogen (secondary N) is 2. The third-order valence-electron chi connectivity index (χ3n) is 3.91. The van der Waals surface area contributed by atoms with Gasteiger partial charge in [0.05, 0.1) is 12.4 Å². The number of nitrogen functional groups attached to an aromatic ring is 1. The third kappa shape index (κ3) is 4.15. The van der Waals surface area contributed by atoms with Crippen molar-refractivity contribution >= 4 is 51.2 Å². The number of aliphatic hydroxyl groups excluding tert-OH is 1. The van der Waals surface area contributed by atoms with Crippen molar-refractivity contribution in [3.63, 3.8) is 0 Å². The van der Waals surface area contributed by atoms with Crippen molar-refractivity contribution in [2.45, 2.75) is 33.0 Å². The van der Waals surface area contributed by atoms with Crippen molar-refractivity contribution in [1.82, 2.24) is 19.5 Å². The number of anilines is 3. The fourth-order valence-corrected chi connectivity index (χ4v) is 3.08. The van der Waals surface area contributed by atoms with Crippen LogP contribution < -0.4 is 16.4 Å². The lowest BCUT2D eigenvalue weighted by atomic mass is 10.2. The van der Waals surface area contributed by atoms with Crippen molar-refractivity contribution < 1.29 is 5.11 Å². The molecule has 1 atom stereocenters. The molecule has 8 nitrogen and oxygen atoms in total. The van der Waals surface area contributed by atoms with Gasteiger partial charge < -0.3 is 26.0 Å². The van der Waals surface area contributed by atoms with Gasteiger partial charge in [0.2, 0.25) is 5.95 Å². The van der Waals surface area contributed by atoms with Crippen LogP contribution in [-0.4, -0.2) is 37.3 Å². The second-order valence-electron chi connectivity index (χ2n) is 6.03. The Morgan fingerprint density at radius 3 is 2.85 bits per heavy atom. The summed E-state index contributed by atoms with van der Waals surface area (Å²) in [6.45, 7) is 5.40. The topological polar surface area (TPSA) is 114 Å². The average molecular weight is 467 g/mol. The smallest absolute Gasteiger partial charge is 0.226 e. The van der Waals surface area contributed by atoms with Crippen molar-refractivity contribution in [2.24, 2.45) is 0 Å². The fourth-order valence-electron chi connectivity index (χ4n) is 2.52. The predicted molar refractivity (Wildman–Crippen MR) is 112 cm³/mol. The highest BCUT2D eigenvalue weighted by Crippen LogP contribution is 2.23. The molecule has 0 bridgehead atoms. The number of nitrogens with two attached hydrogens (primary N) is 1. The lowest BCUT2D eigenvalue weighted by Crippen LogP contribution is -2.17. The van der Waals surface area contributed by atoms with E-state index in [-0.39, 0.29) is 0 Å². The first-order valence-corrected chi connectivity index (χ1v) is 9.48. The molecule has 0 aliphatic carbocycles. The summed E-state index contributed by atoms with van der Waals surface area (Å²) in [5, 5.41) is 15.9. The van der Waals surface area contributed by atoms with Crippen molar-refractivity contribution in [1.29, 1.82) is 0 Å². The van der Waals surface area contributed by atoms with Gasteiger partial charge in [-0.15, -0.1) is 0 Å². The highest BCUT2D eigenvalue weighted by atomic mass is 127. The Kier molecular flexibility index (Phi) is 5.77. The molecule has 3 aromatic rings. The zero-order valence-corrected chi connectivity index (χ0v) is 16.9. The molecule has 26 heavy (non-hydrogen) atoms. The average Bonchev–Trinajstić information content (AvgIpc) is 3.03. The van der Waals surface area contributed by atoms with Crippen LogP contribution in [0, 0.1) is 3.57 Å². The highest BCUT2D eigenvalue weighted by Gasteiger charge is 2.13. The van der Waals surface area contributed by atoms with E-state index in [9.17, 15) is 5.11 Å².